The summed E-state index contributed by atoms with van der Waals surface area (Å²) >= 11 is 0. The first-order valence-electron chi connectivity index (χ1n) is 12.8. The molecular weight excluding hydrogens is 497 g/mol. The molecule has 3 nitrogen and oxygen atoms in total. The van der Waals surface area contributed by atoms with Gasteiger partial charge >= 0.3 is 0 Å². The second kappa shape index (κ2) is 9.17. The quantitative estimate of drug-likeness (QED) is 0.343. The van der Waals surface area contributed by atoms with E-state index in [1.165, 1.54) is 0 Å². The van der Waals surface area contributed by atoms with E-state index in [0.29, 0.717) is 0 Å². The average Bonchev–Trinajstić information content (AvgIpc) is 2.71. The Bertz CT molecular complexity index is 1040. The molecular formula is C28H46O3Si4. The lowest BCUT2D eigenvalue weighted by Crippen LogP contribution is -2.89. The Labute approximate surface area is 217 Å². The topological polar surface area (TPSA) is 27.7 Å². The van der Waals surface area contributed by atoms with Crippen molar-refractivity contribution in [2.75, 3.05) is 0 Å². The van der Waals surface area contributed by atoms with Crippen LogP contribution >= 0.6 is 0 Å². The van der Waals surface area contributed by atoms with E-state index in [9.17, 15) is 0 Å². The third kappa shape index (κ3) is 4.94. The summed E-state index contributed by atoms with van der Waals surface area (Å²) in [6, 6.07) is 21.0. The highest BCUT2D eigenvalue weighted by Gasteiger charge is 2.78. The zero-order valence-electron chi connectivity index (χ0n) is 24.0. The van der Waals surface area contributed by atoms with Gasteiger partial charge in [0, 0.05) is 16.5 Å². The van der Waals surface area contributed by atoms with Gasteiger partial charge in [-0.25, -0.2) is 0 Å². The van der Waals surface area contributed by atoms with Gasteiger partial charge in [0.1, 0.15) is 0 Å². The molecule has 35 heavy (non-hydrogen) atoms. The van der Waals surface area contributed by atoms with Crippen molar-refractivity contribution >= 4 is 42.4 Å². The van der Waals surface area contributed by atoms with Crippen molar-refractivity contribution in [2.45, 2.75) is 85.1 Å². The molecule has 0 radical (unpaired) electrons. The highest BCUT2D eigenvalue weighted by Crippen LogP contribution is 2.57. The lowest BCUT2D eigenvalue weighted by molar-refractivity contribution is -0.159. The van der Waals surface area contributed by atoms with E-state index < -0.39 is 36.3 Å². The monoisotopic (exact) mass is 542 g/mol. The smallest absolute Gasteiger partial charge is 0.294 e. The minimum Gasteiger partial charge on any atom is -0.539 e. The lowest BCUT2D eigenvalue weighted by Gasteiger charge is -2.65. The van der Waals surface area contributed by atoms with Crippen LogP contribution in [0.2, 0.25) is 58.9 Å². The van der Waals surface area contributed by atoms with Crippen LogP contribution in [-0.2, 0) is 13.6 Å². The van der Waals surface area contributed by atoms with E-state index >= 15 is 0 Å². The Morgan fingerprint density at radius 1 is 0.657 bits per heavy atom. The average molecular weight is 543 g/mol. The minimum absolute atomic E-state index is 0.275. The minimum atomic E-state index is -2.72. The van der Waals surface area contributed by atoms with Crippen LogP contribution in [0.5, 0.6) is 0 Å². The second-order valence-electron chi connectivity index (χ2n) is 13.9. The maximum Gasteiger partial charge on any atom is 0.294 e. The van der Waals surface area contributed by atoms with E-state index in [1.54, 1.807) is 0 Å². The predicted octanol–water partition coefficient (Wildman–Crippen LogP) is 8.47. The molecule has 2 aromatic carbocycles. The van der Waals surface area contributed by atoms with Crippen LogP contribution in [-0.4, -0.2) is 36.3 Å². The van der Waals surface area contributed by atoms with E-state index in [4.69, 9.17) is 13.6 Å². The van der Waals surface area contributed by atoms with Crippen molar-refractivity contribution in [2.24, 2.45) is 5.41 Å². The lowest BCUT2D eigenvalue weighted by atomic mass is 9.95. The summed E-state index contributed by atoms with van der Waals surface area (Å²) in [5.41, 5.74) is 1.05. The van der Waals surface area contributed by atoms with E-state index in [0.717, 1.165) is 22.6 Å². The first kappa shape index (κ1) is 28.2. The summed E-state index contributed by atoms with van der Waals surface area (Å²) in [5.74, 6) is 1.71. The molecule has 0 amide bonds. The Hall–Kier alpha value is -1.39. The standard InChI is InChI=1S/C28H46O3Si4/c1-27(2,3)28(31-32(4,5)6)29-25(23-19-15-13-16-20-23)26(24-21-17-14-18-22-24)30-35(28,33(7,8)9)34(10,11)12/h13-22H,1-12H3. The van der Waals surface area contributed by atoms with Gasteiger partial charge in [-0.3, -0.25) is 0 Å². The van der Waals surface area contributed by atoms with Crippen molar-refractivity contribution in [1.29, 1.82) is 0 Å². The normalized spacial score (nSPS) is 21.4. The van der Waals surface area contributed by atoms with E-state index in [-0.39, 0.29) is 5.41 Å². The van der Waals surface area contributed by atoms with Crippen LogP contribution in [0.3, 0.4) is 0 Å². The van der Waals surface area contributed by atoms with Gasteiger partial charge in [-0.1, -0.05) is 121 Å². The molecule has 0 aliphatic carbocycles. The summed E-state index contributed by atoms with van der Waals surface area (Å²) < 4.78 is 22.7. The molecule has 2 aromatic rings. The summed E-state index contributed by atoms with van der Waals surface area (Å²) in [4.78, 5) is 0. The molecule has 0 bridgehead atoms. The number of hydrogen-bond donors (Lipinski definition) is 0. The van der Waals surface area contributed by atoms with Gasteiger partial charge in [0.2, 0.25) is 5.41 Å². The third-order valence-corrected chi connectivity index (χ3v) is 43.3. The molecule has 192 valence electrons. The molecule has 1 aliphatic rings. The fourth-order valence-electron chi connectivity index (χ4n) is 5.86. The number of rotatable bonds is 6. The second-order valence-corrected chi connectivity index (χ2v) is 44.2. The number of ether oxygens (including phenoxy) is 1. The van der Waals surface area contributed by atoms with Crippen molar-refractivity contribution < 1.29 is 13.6 Å². The van der Waals surface area contributed by atoms with E-state index in [2.05, 4.69) is 140 Å². The van der Waals surface area contributed by atoms with Crippen LogP contribution in [0.25, 0.3) is 11.5 Å². The van der Waals surface area contributed by atoms with Crippen molar-refractivity contribution in [3.05, 3.63) is 71.8 Å². The third-order valence-electron chi connectivity index (χ3n) is 6.79. The fourth-order valence-corrected chi connectivity index (χ4v) is 54.2. The zero-order valence-corrected chi connectivity index (χ0v) is 28.0. The van der Waals surface area contributed by atoms with Crippen LogP contribution < -0.4 is 0 Å². The number of hydrogen-bond acceptors (Lipinski definition) is 3. The summed E-state index contributed by atoms with van der Waals surface area (Å²) in [7, 11) is -8.73. The fraction of sp³-hybridized carbons (Fsp3) is 0.500. The molecule has 3 rings (SSSR count). The van der Waals surface area contributed by atoms with Gasteiger partial charge in [0.25, 0.3) is 7.35 Å². The van der Waals surface area contributed by atoms with Gasteiger partial charge in [0.05, 0.1) is 15.2 Å². The molecule has 0 saturated heterocycles. The first-order valence-corrected chi connectivity index (χ1v) is 27.1. The Morgan fingerprint density at radius 2 is 1.06 bits per heavy atom. The van der Waals surface area contributed by atoms with Gasteiger partial charge in [-0.05, 0) is 19.6 Å². The molecule has 0 N–H and O–H groups in total. The van der Waals surface area contributed by atoms with Crippen LogP contribution in [0, 0.1) is 5.41 Å². The molecule has 0 aromatic heterocycles. The molecule has 1 unspecified atom stereocenters. The zero-order chi connectivity index (χ0) is 26.5. The van der Waals surface area contributed by atoms with Gasteiger partial charge < -0.3 is 13.6 Å². The Balaban J connectivity index is 2.54. The van der Waals surface area contributed by atoms with Crippen molar-refractivity contribution in [1.82, 2.24) is 0 Å². The van der Waals surface area contributed by atoms with Crippen molar-refractivity contribution in [3.8, 4) is 0 Å². The van der Waals surface area contributed by atoms with Gasteiger partial charge in [-0.2, -0.15) is 0 Å². The van der Waals surface area contributed by atoms with Crippen LogP contribution in [0.15, 0.2) is 60.7 Å². The largest absolute Gasteiger partial charge is 0.539 e. The molecule has 1 aliphatic heterocycles. The van der Waals surface area contributed by atoms with Crippen molar-refractivity contribution in [3.63, 3.8) is 0 Å². The van der Waals surface area contributed by atoms with Crippen LogP contribution in [0.4, 0.5) is 0 Å². The molecule has 0 fully saturated rings. The highest BCUT2D eigenvalue weighted by molar-refractivity contribution is 7.67. The maximum atomic E-state index is 7.76. The SMILES string of the molecule is CC(C)(C)C1(O[Si](C)(C)C)OC(c2ccccc2)=C(c2ccccc2)O[Si]1([Si](C)(C)C)[Si](C)(C)C. The highest BCUT2D eigenvalue weighted by atomic mass is 29.7. The molecule has 7 heteroatoms. The Kier molecular flexibility index (Phi) is 7.38. The predicted molar refractivity (Wildman–Crippen MR) is 161 cm³/mol. The molecule has 0 saturated carbocycles. The first-order chi connectivity index (χ1) is 15.9. The van der Waals surface area contributed by atoms with Crippen LogP contribution in [0.1, 0.15) is 31.9 Å². The summed E-state index contributed by atoms with van der Waals surface area (Å²) in [5, 5.41) is 0. The van der Waals surface area contributed by atoms with Gasteiger partial charge in [-0.15, -0.1) is 0 Å². The number of benzene rings is 2. The Morgan fingerprint density at radius 3 is 1.40 bits per heavy atom. The molecule has 1 heterocycles. The summed E-state index contributed by atoms with van der Waals surface area (Å²) in [6.07, 6.45) is 0. The maximum absolute atomic E-state index is 7.76. The van der Waals surface area contributed by atoms with E-state index in [1.807, 2.05) is 0 Å². The summed E-state index contributed by atoms with van der Waals surface area (Å²) in [6.45, 7) is 28.7. The molecule has 0 spiro atoms. The van der Waals surface area contributed by atoms with Gasteiger partial charge in [0.15, 0.2) is 19.8 Å². The molecule has 1 atom stereocenters.